The molecule has 0 aromatic heterocycles. The molecule has 0 bridgehead atoms. The smallest absolute Gasteiger partial charge is 0.348 e. The summed E-state index contributed by atoms with van der Waals surface area (Å²) in [5.41, 5.74) is 0. The van der Waals surface area contributed by atoms with Crippen molar-refractivity contribution in [3.63, 3.8) is 0 Å². The fraction of sp³-hybridized carbons (Fsp3) is 0.833. The molecule has 1 fully saturated rings. The largest absolute Gasteiger partial charge is 0.389 e. The van der Waals surface area contributed by atoms with Crippen LogP contribution in [0.25, 0.3) is 0 Å². The highest BCUT2D eigenvalue weighted by Crippen LogP contribution is 2.21. The van der Waals surface area contributed by atoms with Crippen molar-refractivity contribution in [2.45, 2.75) is 31.9 Å². The Bertz CT molecular complexity index is 326. The first kappa shape index (κ1) is 16.7. The zero-order valence-corrected chi connectivity index (χ0v) is 11.3. The Morgan fingerprint density at radius 1 is 1.15 bits per heavy atom. The molecule has 0 aromatic rings. The molecule has 0 aromatic carbocycles. The van der Waals surface area contributed by atoms with Crippen LogP contribution >= 0.6 is 0 Å². The molecule has 0 radical (unpaired) electrons. The number of amides is 2. The summed E-state index contributed by atoms with van der Waals surface area (Å²) in [7, 11) is 0. The van der Waals surface area contributed by atoms with Gasteiger partial charge in [-0.25, -0.2) is 0 Å². The summed E-state index contributed by atoms with van der Waals surface area (Å²) in [6.45, 7) is 2.54. The lowest BCUT2D eigenvalue weighted by molar-refractivity contribution is -0.145. The number of carbonyl (C=O) groups is 2. The van der Waals surface area contributed by atoms with Crippen molar-refractivity contribution < 1.29 is 22.8 Å². The number of hydrogen-bond acceptors (Lipinski definition) is 3. The zero-order valence-electron chi connectivity index (χ0n) is 11.3. The third kappa shape index (κ3) is 6.74. The molecule has 0 unspecified atom stereocenters. The van der Waals surface area contributed by atoms with Crippen LogP contribution in [0, 0.1) is 0 Å². The van der Waals surface area contributed by atoms with Crippen molar-refractivity contribution in [3.05, 3.63) is 0 Å². The van der Waals surface area contributed by atoms with Crippen LogP contribution in [0.3, 0.4) is 0 Å². The van der Waals surface area contributed by atoms with Gasteiger partial charge in [0.1, 0.15) is 0 Å². The first-order valence-electron chi connectivity index (χ1n) is 6.75. The number of hydrogen-bond donors (Lipinski definition) is 2. The van der Waals surface area contributed by atoms with Gasteiger partial charge in [0.15, 0.2) is 0 Å². The Hall–Kier alpha value is -1.31. The van der Waals surface area contributed by atoms with Gasteiger partial charge in [0.05, 0.1) is 0 Å². The van der Waals surface area contributed by atoms with Gasteiger partial charge >= 0.3 is 18.0 Å². The van der Waals surface area contributed by atoms with Gasteiger partial charge < -0.3 is 15.5 Å². The number of nitrogens with zero attached hydrogens (tertiary/aromatic N) is 1. The summed E-state index contributed by atoms with van der Waals surface area (Å²) in [6, 6.07) is 0. The lowest BCUT2D eigenvalue weighted by Crippen LogP contribution is -2.44. The van der Waals surface area contributed by atoms with E-state index in [1.165, 1.54) is 4.90 Å². The van der Waals surface area contributed by atoms with Gasteiger partial charge in [-0.05, 0) is 25.8 Å². The van der Waals surface area contributed by atoms with Crippen molar-refractivity contribution in [1.29, 1.82) is 0 Å². The van der Waals surface area contributed by atoms with Crippen LogP contribution < -0.4 is 10.6 Å². The predicted octanol–water partition coefficient (Wildman–Crippen LogP) is 0.657. The predicted molar refractivity (Wildman–Crippen MR) is 67.0 cm³/mol. The number of halogens is 3. The van der Waals surface area contributed by atoms with Gasteiger partial charge in [-0.15, -0.1) is 0 Å². The first-order valence-corrected chi connectivity index (χ1v) is 6.75. The standard InChI is InChI=1S/C12H20F3N3O2/c13-12(14,15)4-1-2-6-17-10(19)11(20)18-8-3-5-16-7-9-18/h16H,1-9H2,(H,17,19). The minimum Gasteiger partial charge on any atom is -0.348 e. The molecule has 1 rings (SSSR count). The van der Waals surface area contributed by atoms with Crippen LogP contribution in [0.15, 0.2) is 0 Å². The lowest BCUT2D eigenvalue weighted by Gasteiger charge is -2.19. The third-order valence-corrected chi connectivity index (χ3v) is 2.99. The van der Waals surface area contributed by atoms with E-state index < -0.39 is 24.4 Å². The summed E-state index contributed by atoms with van der Waals surface area (Å²) in [5.74, 6) is -1.34. The molecule has 0 saturated carbocycles. The molecule has 1 heterocycles. The quantitative estimate of drug-likeness (QED) is 0.591. The molecule has 20 heavy (non-hydrogen) atoms. The van der Waals surface area contributed by atoms with E-state index in [1.54, 1.807) is 0 Å². The third-order valence-electron chi connectivity index (χ3n) is 2.99. The van der Waals surface area contributed by atoms with Gasteiger partial charge in [-0.3, -0.25) is 9.59 Å². The van der Waals surface area contributed by atoms with Crippen molar-refractivity contribution in [2.75, 3.05) is 32.7 Å². The molecule has 0 atom stereocenters. The Morgan fingerprint density at radius 3 is 2.60 bits per heavy atom. The molecule has 2 amide bonds. The minimum absolute atomic E-state index is 0.0500. The van der Waals surface area contributed by atoms with E-state index in [1.807, 2.05) is 0 Å². The maximum atomic E-state index is 11.9. The van der Waals surface area contributed by atoms with Gasteiger partial charge in [0.2, 0.25) is 0 Å². The van der Waals surface area contributed by atoms with Gasteiger partial charge in [0, 0.05) is 32.6 Å². The zero-order chi connectivity index (χ0) is 15.0. The van der Waals surface area contributed by atoms with E-state index in [9.17, 15) is 22.8 Å². The summed E-state index contributed by atoms with van der Waals surface area (Å²) >= 11 is 0. The maximum absolute atomic E-state index is 11.9. The Labute approximate surface area is 115 Å². The molecule has 0 aliphatic carbocycles. The van der Waals surface area contributed by atoms with Crippen LogP contribution in [0.2, 0.25) is 0 Å². The van der Waals surface area contributed by atoms with Crippen LogP contribution in [0.4, 0.5) is 13.2 Å². The number of carbonyl (C=O) groups excluding carboxylic acids is 2. The molecule has 116 valence electrons. The van der Waals surface area contributed by atoms with E-state index in [0.717, 1.165) is 13.0 Å². The minimum atomic E-state index is -4.17. The summed E-state index contributed by atoms with van der Waals surface area (Å²) in [4.78, 5) is 24.8. The highest BCUT2D eigenvalue weighted by molar-refractivity contribution is 6.35. The number of nitrogens with one attached hydrogen (secondary N) is 2. The van der Waals surface area contributed by atoms with E-state index >= 15 is 0 Å². The molecule has 1 saturated heterocycles. The maximum Gasteiger partial charge on any atom is 0.389 e. The van der Waals surface area contributed by atoms with E-state index in [0.29, 0.717) is 19.6 Å². The van der Waals surface area contributed by atoms with Crippen molar-refractivity contribution >= 4 is 11.8 Å². The van der Waals surface area contributed by atoms with Crippen molar-refractivity contribution in [2.24, 2.45) is 0 Å². The molecular weight excluding hydrogens is 275 g/mol. The summed E-state index contributed by atoms with van der Waals surface area (Å²) in [6.07, 6.45) is -4.09. The Balaban J connectivity index is 2.19. The van der Waals surface area contributed by atoms with E-state index in [2.05, 4.69) is 10.6 Å². The fourth-order valence-corrected chi connectivity index (χ4v) is 1.92. The summed E-state index contributed by atoms with van der Waals surface area (Å²) < 4.78 is 35.7. The van der Waals surface area contributed by atoms with Crippen LogP contribution in [0.1, 0.15) is 25.7 Å². The van der Waals surface area contributed by atoms with Crippen LogP contribution in [-0.2, 0) is 9.59 Å². The molecule has 2 N–H and O–H groups in total. The lowest BCUT2D eigenvalue weighted by atomic mass is 10.2. The number of unbranched alkanes of at least 4 members (excludes halogenated alkanes) is 1. The normalized spacial score (nSPS) is 16.6. The fourth-order valence-electron chi connectivity index (χ4n) is 1.92. The monoisotopic (exact) mass is 295 g/mol. The molecule has 8 heteroatoms. The molecular formula is C12H20F3N3O2. The molecule has 5 nitrogen and oxygen atoms in total. The Morgan fingerprint density at radius 2 is 1.90 bits per heavy atom. The second kappa shape index (κ2) is 8.08. The molecule has 1 aliphatic heterocycles. The van der Waals surface area contributed by atoms with Crippen LogP contribution in [-0.4, -0.2) is 55.6 Å². The second-order valence-corrected chi connectivity index (χ2v) is 4.72. The first-order chi connectivity index (χ1) is 9.40. The van der Waals surface area contributed by atoms with Crippen LogP contribution in [0.5, 0.6) is 0 Å². The Kier molecular flexibility index (Phi) is 6.77. The highest BCUT2D eigenvalue weighted by atomic mass is 19.4. The highest BCUT2D eigenvalue weighted by Gasteiger charge is 2.26. The van der Waals surface area contributed by atoms with E-state index in [-0.39, 0.29) is 19.4 Å². The van der Waals surface area contributed by atoms with Gasteiger partial charge in [-0.1, -0.05) is 0 Å². The summed E-state index contributed by atoms with van der Waals surface area (Å²) in [5, 5.41) is 5.48. The van der Waals surface area contributed by atoms with Gasteiger partial charge in [0.25, 0.3) is 0 Å². The number of alkyl halides is 3. The topological polar surface area (TPSA) is 61.4 Å². The second-order valence-electron chi connectivity index (χ2n) is 4.72. The SMILES string of the molecule is O=C(NCCCCC(F)(F)F)C(=O)N1CCCNCC1. The average molecular weight is 295 g/mol. The van der Waals surface area contributed by atoms with Crippen molar-refractivity contribution in [3.8, 4) is 0 Å². The number of rotatable bonds is 4. The average Bonchev–Trinajstić information content (AvgIpc) is 2.64. The van der Waals surface area contributed by atoms with Crippen molar-refractivity contribution in [1.82, 2.24) is 15.5 Å². The van der Waals surface area contributed by atoms with Gasteiger partial charge in [-0.2, -0.15) is 13.2 Å². The van der Waals surface area contributed by atoms with E-state index in [4.69, 9.17) is 0 Å². The molecule has 0 spiro atoms. The molecule has 1 aliphatic rings.